The van der Waals surface area contributed by atoms with Crippen LogP contribution in [0, 0.1) is 0 Å². The molecule has 1 aromatic rings. The van der Waals surface area contributed by atoms with Crippen LogP contribution in [-0.4, -0.2) is 36.7 Å². The highest BCUT2D eigenvalue weighted by Gasteiger charge is 2.04. The largest absolute Gasteiger partial charge is 0.855 e. The zero-order valence-corrected chi connectivity index (χ0v) is 9.27. The van der Waals surface area contributed by atoms with E-state index in [1.165, 1.54) is 0 Å². The number of nitrogens with zero attached hydrogens (tertiary/aromatic N) is 2. The van der Waals surface area contributed by atoms with Crippen molar-refractivity contribution in [1.82, 2.24) is 0 Å². The monoisotopic (exact) mass is 208 g/mol. The first kappa shape index (κ1) is 11.7. The molecule has 0 unspecified atom stereocenters. The standard InChI is InChI=1S/C11H16N2O2/c1-13(2,3)12-11(15)10-6-4-9(8-14)5-7-10/h4-7,14H,8H2,1-3H3. The zero-order chi connectivity index (χ0) is 11.5. The molecule has 0 aliphatic heterocycles. The van der Waals surface area contributed by atoms with Crippen LogP contribution in [0.25, 0.3) is 0 Å². The second-order valence-corrected chi connectivity index (χ2v) is 4.20. The summed E-state index contributed by atoms with van der Waals surface area (Å²) >= 11 is 0. The van der Waals surface area contributed by atoms with Crippen molar-refractivity contribution in [3.8, 4) is 0 Å². The quantitative estimate of drug-likeness (QED) is 0.326. The Labute approximate surface area is 89.7 Å². The lowest BCUT2D eigenvalue weighted by molar-refractivity contribution is -0.878. The van der Waals surface area contributed by atoms with Gasteiger partial charge in [-0.25, -0.2) is 4.59 Å². The lowest BCUT2D eigenvalue weighted by Gasteiger charge is -2.20. The van der Waals surface area contributed by atoms with Gasteiger partial charge in [-0.05, 0) is 11.1 Å². The van der Waals surface area contributed by atoms with Crippen molar-refractivity contribution in [3.05, 3.63) is 35.4 Å². The van der Waals surface area contributed by atoms with Gasteiger partial charge in [-0.3, -0.25) is 0 Å². The highest BCUT2D eigenvalue weighted by atomic mass is 16.3. The van der Waals surface area contributed by atoms with Crippen LogP contribution in [0.5, 0.6) is 0 Å². The number of hydrogen-bond acceptors (Lipinski definition) is 3. The number of quaternary nitrogens is 1. The van der Waals surface area contributed by atoms with Crippen LogP contribution in [0.3, 0.4) is 0 Å². The molecule has 0 aliphatic rings. The Hall–Kier alpha value is -1.39. The second kappa shape index (κ2) is 4.42. The van der Waals surface area contributed by atoms with Crippen molar-refractivity contribution in [3.63, 3.8) is 0 Å². The predicted molar refractivity (Wildman–Crippen MR) is 56.9 cm³/mol. The maximum absolute atomic E-state index is 11.6. The van der Waals surface area contributed by atoms with Gasteiger partial charge in [0.05, 0.1) is 33.6 Å². The first-order valence-corrected chi connectivity index (χ1v) is 4.71. The molecule has 0 saturated heterocycles. The lowest BCUT2D eigenvalue weighted by Crippen LogP contribution is -2.33. The van der Waals surface area contributed by atoms with E-state index in [2.05, 4.69) is 5.10 Å². The molecule has 1 aromatic carbocycles. The maximum atomic E-state index is 11.6. The van der Waals surface area contributed by atoms with Gasteiger partial charge in [-0.2, -0.15) is 0 Å². The van der Waals surface area contributed by atoms with Crippen LogP contribution in [-0.2, 0) is 6.61 Å². The third kappa shape index (κ3) is 3.69. The normalized spacial score (nSPS) is 12.9. The Morgan fingerprint density at radius 3 is 2.20 bits per heavy atom. The minimum atomic E-state index is -0.244. The predicted octanol–water partition coefficient (Wildman–Crippen LogP) is -0.0930. The number of rotatable bonds is 3. The Bertz CT molecular complexity index is 350. The van der Waals surface area contributed by atoms with Gasteiger partial charge >= 0.3 is 0 Å². The smallest absolute Gasteiger partial charge is 0.0923 e. The molecule has 0 radical (unpaired) electrons. The molecule has 0 atom stereocenters. The molecule has 4 nitrogen and oxygen atoms in total. The van der Waals surface area contributed by atoms with Crippen LogP contribution < -0.4 is 5.11 Å². The van der Waals surface area contributed by atoms with E-state index < -0.39 is 0 Å². The van der Waals surface area contributed by atoms with Crippen LogP contribution in [0.2, 0.25) is 0 Å². The minimum Gasteiger partial charge on any atom is -0.855 e. The van der Waals surface area contributed by atoms with Crippen molar-refractivity contribution < 1.29 is 14.8 Å². The topological polar surface area (TPSA) is 55.7 Å². The third-order valence-electron chi connectivity index (χ3n) is 1.77. The van der Waals surface area contributed by atoms with Crippen molar-refractivity contribution in [2.45, 2.75) is 6.61 Å². The summed E-state index contributed by atoms with van der Waals surface area (Å²) in [6.45, 7) is -0.0129. The molecule has 0 heterocycles. The summed E-state index contributed by atoms with van der Waals surface area (Å²) in [4.78, 5) is 0. The van der Waals surface area contributed by atoms with E-state index >= 15 is 0 Å². The molecule has 0 spiro atoms. The van der Waals surface area contributed by atoms with E-state index in [4.69, 9.17) is 5.11 Å². The minimum absolute atomic E-state index is 0.0129. The first-order valence-electron chi connectivity index (χ1n) is 4.71. The average Bonchev–Trinajstić information content (AvgIpc) is 2.15. The molecule has 0 amide bonds. The summed E-state index contributed by atoms with van der Waals surface area (Å²) < 4.78 is 0.251. The van der Waals surface area contributed by atoms with Gasteiger partial charge < -0.3 is 10.2 Å². The molecule has 0 aromatic heterocycles. The summed E-state index contributed by atoms with van der Waals surface area (Å²) in [7, 11) is 5.46. The van der Waals surface area contributed by atoms with E-state index in [-0.39, 0.29) is 17.1 Å². The van der Waals surface area contributed by atoms with Crippen LogP contribution in [0.4, 0.5) is 0 Å². The Kier molecular flexibility index (Phi) is 3.44. The molecule has 15 heavy (non-hydrogen) atoms. The van der Waals surface area contributed by atoms with Crippen molar-refractivity contribution in [2.75, 3.05) is 21.1 Å². The van der Waals surface area contributed by atoms with Gasteiger partial charge in [0.25, 0.3) is 0 Å². The number of aliphatic hydroxyl groups is 1. The highest BCUT2D eigenvalue weighted by molar-refractivity contribution is 5.90. The molecule has 1 rings (SSSR count). The molecular formula is C11H16N2O2. The van der Waals surface area contributed by atoms with E-state index in [1.807, 2.05) is 21.1 Å². The van der Waals surface area contributed by atoms with Crippen molar-refractivity contribution in [2.24, 2.45) is 5.10 Å². The lowest BCUT2D eigenvalue weighted by atomic mass is 10.1. The van der Waals surface area contributed by atoms with Crippen LogP contribution in [0.1, 0.15) is 11.1 Å². The fourth-order valence-electron chi connectivity index (χ4n) is 1.08. The molecule has 0 aliphatic carbocycles. The van der Waals surface area contributed by atoms with Gasteiger partial charge in [0.1, 0.15) is 0 Å². The Morgan fingerprint density at radius 2 is 1.80 bits per heavy atom. The average molecular weight is 208 g/mol. The second-order valence-electron chi connectivity index (χ2n) is 4.20. The molecular weight excluding hydrogens is 192 g/mol. The first-order chi connectivity index (χ1) is 6.92. The van der Waals surface area contributed by atoms with Crippen LogP contribution in [0.15, 0.2) is 29.4 Å². The number of aliphatic hydroxyl groups excluding tert-OH is 1. The zero-order valence-electron chi connectivity index (χ0n) is 9.27. The van der Waals surface area contributed by atoms with Gasteiger partial charge in [0, 0.05) is 0 Å². The van der Waals surface area contributed by atoms with E-state index in [1.54, 1.807) is 24.3 Å². The molecule has 4 heteroatoms. The van der Waals surface area contributed by atoms with Crippen molar-refractivity contribution in [1.29, 1.82) is 0 Å². The van der Waals surface area contributed by atoms with E-state index in [0.29, 0.717) is 5.56 Å². The third-order valence-corrected chi connectivity index (χ3v) is 1.77. The van der Waals surface area contributed by atoms with E-state index in [9.17, 15) is 5.11 Å². The van der Waals surface area contributed by atoms with Crippen molar-refractivity contribution >= 4 is 5.90 Å². The molecule has 0 saturated carbocycles. The number of benzene rings is 1. The maximum Gasteiger partial charge on any atom is 0.0923 e. The fraction of sp³-hybridized carbons (Fsp3) is 0.364. The van der Waals surface area contributed by atoms with Gasteiger partial charge in [0.2, 0.25) is 0 Å². The van der Waals surface area contributed by atoms with Gasteiger partial charge in [0.15, 0.2) is 0 Å². The molecule has 82 valence electrons. The molecule has 0 bridgehead atoms. The summed E-state index contributed by atoms with van der Waals surface area (Å²) in [5.74, 6) is -0.244. The Morgan fingerprint density at radius 1 is 1.27 bits per heavy atom. The Balaban J connectivity index is 2.92. The molecule has 1 N–H and O–H groups in total. The highest BCUT2D eigenvalue weighted by Crippen LogP contribution is 2.05. The number of hydrogen-bond donors (Lipinski definition) is 1. The SMILES string of the molecule is C[N+](C)(C)/N=C(\[O-])c1ccc(CO)cc1. The summed E-state index contributed by atoms with van der Waals surface area (Å²) in [6.07, 6.45) is 0. The summed E-state index contributed by atoms with van der Waals surface area (Å²) in [6, 6.07) is 6.79. The molecule has 0 fully saturated rings. The summed E-state index contributed by atoms with van der Waals surface area (Å²) in [5, 5.41) is 24.4. The van der Waals surface area contributed by atoms with Crippen LogP contribution >= 0.6 is 0 Å². The van der Waals surface area contributed by atoms with E-state index in [0.717, 1.165) is 5.56 Å². The fourth-order valence-corrected chi connectivity index (χ4v) is 1.08. The van der Waals surface area contributed by atoms with Gasteiger partial charge in [-0.15, -0.1) is 0 Å². The summed E-state index contributed by atoms with van der Waals surface area (Å²) in [5.41, 5.74) is 1.33. The van der Waals surface area contributed by atoms with Gasteiger partial charge in [-0.1, -0.05) is 29.4 Å².